The van der Waals surface area contributed by atoms with Crippen LogP contribution in [0.4, 0.5) is 0 Å². The smallest absolute Gasteiger partial charge is 0.358 e. The van der Waals surface area contributed by atoms with Crippen molar-refractivity contribution in [1.82, 2.24) is 79.6 Å². The third-order valence-electron chi connectivity index (χ3n) is 12.2. The first-order valence-electron chi connectivity index (χ1n) is 28.9. The zero-order valence-electron chi connectivity index (χ0n) is 56.9. The van der Waals surface area contributed by atoms with Crippen LogP contribution in [0.25, 0.3) is 23.3 Å². The van der Waals surface area contributed by atoms with Gasteiger partial charge in [0, 0.05) is 87.9 Å². The van der Waals surface area contributed by atoms with E-state index in [9.17, 15) is 66.1 Å². The summed E-state index contributed by atoms with van der Waals surface area (Å²) in [6.45, 7) is 12.8. The highest BCUT2D eigenvalue weighted by atomic mass is 36.0. The molecule has 107 heavy (non-hydrogen) atoms. The Labute approximate surface area is 632 Å². The number of carbonyl (C=O) groups is 5. The van der Waals surface area contributed by atoms with Crippen LogP contribution in [0.1, 0.15) is 94.8 Å². The molecule has 0 aromatic carbocycles. The van der Waals surface area contributed by atoms with Crippen LogP contribution in [-0.2, 0) is 68.8 Å². The standard InChI is InChI=1S/C12H14N4O4S.C11H13N5O3S.C10H9ClN4O3S.C10H10N4O4S.C7H10N2O2.C5H5ClN2O2S.CH5N.Cl2OS/c1-3-20-12(17)10-6-8(2)16(15-10)11-5-4-9(7-14-11)21(13,18)19;1-7-5-9(11(17)13-2)15-16(7)10-4-3-8(6-14-10)20(12,18)19;1-6-4-8(10(11)16)14-15(6)9-3-2-7(5-13-9)19(12,17)18;1-6-4-8(10(15)16)13-14(6)9-3-2-7(5-12-9)19(11,17)18;1-3-11-7(10)6-4-5(2)8-9-6;6-5-2-1-4(3-8-5)11(7,9)10;1-2;1-4(2)3/h4-7H,3H2,1-2H3,(H2,13,18,19);3-6H,1-2H3,(H,13,17)(H2,12,18,19);2-5H,1H3,(H2,12,17,18);2-5H,1H3,(H,15,16)(H2,11,17,18);4H,3H2,1-2H3,(H,8,9);1-3H,(H2,7,9,10);2H2,1H3;. The van der Waals surface area contributed by atoms with E-state index in [-0.39, 0.29) is 70.9 Å². The van der Waals surface area contributed by atoms with Crippen LogP contribution < -0.4 is 36.7 Å². The Morgan fingerprint density at radius 2 is 0.757 bits per heavy atom. The average Bonchev–Trinajstić information content (AvgIpc) is 1.72. The van der Waals surface area contributed by atoms with Crippen LogP contribution in [0.5, 0.6) is 0 Å². The molecular weight excluding hydrogens is 1620 g/mol. The summed E-state index contributed by atoms with van der Waals surface area (Å²) in [5, 5.41) is 58.0. The van der Waals surface area contributed by atoms with Gasteiger partial charge >= 0.3 is 17.9 Å². The molecule has 0 fully saturated rings. The molecule has 0 atom stereocenters. The lowest BCUT2D eigenvalue weighted by Gasteiger charge is -2.04. The highest BCUT2D eigenvalue weighted by Gasteiger charge is 2.20. The number of carboxylic acid groups (broad SMARTS) is 1. The number of primary sulfonamides is 5. The molecule has 0 spiro atoms. The van der Waals surface area contributed by atoms with Gasteiger partial charge in [-0.25, -0.2) is 130 Å². The zero-order valence-corrected chi connectivity index (χ0v) is 64.9. The highest BCUT2D eigenvalue weighted by Crippen LogP contribution is 2.18. The largest absolute Gasteiger partial charge is 0.476 e. The number of aromatic amines is 1. The fraction of sp³-hybridized carbons (Fsp3) is 0.196. The molecule has 578 valence electrons. The molecule has 10 rings (SSSR count). The molecule has 0 aliphatic heterocycles. The number of ether oxygens (including phenoxy) is 2. The maximum absolute atomic E-state index is 11.6. The summed E-state index contributed by atoms with van der Waals surface area (Å²) < 4.78 is 134. The maximum atomic E-state index is 11.6. The van der Waals surface area contributed by atoms with Crippen molar-refractivity contribution in [2.24, 2.45) is 31.4 Å². The molecule has 0 unspecified atom stereocenters. The summed E-state index contributed by atoms with van der Waals surface area (Å²) in [6.07, 6.45) is 5.60. The lowest BCUT2D eigenvalue weighted by atomic mass is 10.3. The first-order chi connectivity index (χ1) is 49.7. The van der Waals surface area contributed by atoms with E-state index in [1.54, 1.807) is 59.7 Å². The number of esters is 2. The Morgan fingerprint density at radius 3 is 1.00 bits per heavy atom. The fourth-order valence-electron chi connectivity index (χ4n) is 7.49. The van der Waals surface area contributed by atoms with E-state index >= 15 is 0 Å². The minimum Gasteiger partial charge on any atom is -0.476 e. The zero-order chi connectivity index (χ0) is 81.3. The Balaban J connectivity index is 0.000000332. The number of nitrogens with zero attached hydrogens (tertiary/aromatic N) is 14. The summed E-state index contributed by atoms with van der Waals surface area (Å²) >= 11 is 10.7. The van der Waals surface area contributed by atoms with Crippen LogP contribution >= 0.6 is 44.6 Å². The molecule has 10 heterocycles. The molecular formula is C56H66Cl4N22O19S6. The summed E-state index contributed by atoms with van der Waals surface area (Å²) in [5.74, 6) is -0.944. The number of aromatic nitrogens is 15. The van der Waals surface area contributed by atoms with Crippen molar-refractivity contribution in [3.05, 3.63) is 184 Å². The van der Waals surface area contributed by atoms with Crippen molar-refractivity contribution >= 4 is 133 Å². The topological polar surface area (TPSA) is 644 Å². The first-order valence-corrected chi connectivity index (χ1v) is 40.2. The van der Waals surface area contributed by atoms with E-state index in [4.69, 9.17) is 67.7 Å². The molecule has 10 aromatic rings. The summed E-state index contributed by atoms with van der Waals surface area (Å²) in [4.78, 5) is 74.8. The number of nitrogens with one attached hydrogen (secondary N) is 2. The van der Waals surface area contributed by atoms with E-state index in [0.717, 1.165) is 36.7 Å². The molecule has 15 N–H and O–H groups in total. The minimum atomic E-state index is -3.81. The fourth-order valence-corrected chi connectivity index (χ4v) is 9.98. The van der Waals surface area contributed by atoms with Gasteiger partial charge in [0.2, 0.25) is 59.3 Å². The lowest BCUT2D eigenvalue weighted by molar-refractivity contribution is 0.0509. The maximum Gasteiger partial charge on any atom is 0.358 e. The number of hydrogen-bond donors (Lipinski definition) is 9. The van der Waals surface area contributed by atoms with Crippen LogP contribution in [0.3, 0.4) is 0 Å². The number of halogens is 4. The molecule has 0 saturated heterocycles. The van der Waals surface area contributed by atoms with Crippen molar-refractivity contribution < 1.29 is 84.9 Å². The van der Waals surface area contributed by atoms with Gasteiger partial charge in [-0.15, -0.1) is 0 Å². The van der Waals surface area contributed by atoms with Gasteiger partial charge in [-0.2, -0.15) is 25.5 Å². The van der Waals surface area contributed by atoms with Crippen molar-refractivity contribution in [3.8, 4) is 23.3 Å². The normalized spacial score (nSPS) is 11.0. The molecule has 41 nitrogen and oxygen atoms in total. The summed E-state index contributed by atoms with van der Waals surface area (Å²) in [6, 6.07) is 21.4. The van der Waals surface area contributed by atoms with Gasteiger partial charge < -0.3 is 25.6 Å². The molecule has 51 heteroatoms. The number of sulfonamides is 5. The molecule has 0 saturated carbocycles. The molecule has 1 amide bonds. The van der Waals surface area contributed by atoms with Gasteiger partial charge in [-0.1, -0.05) is 11.6 Å². The number of aryl methyl sites for hydroxylation is 5. The minimum absolute atomic E-state index is 0.0399. The monoisotopic (exact) mass is 1680 g/mol. The van der Waals surface area contributed by atoms with Crippen molar-refractivity contribution in [3.63, 3.8) is 0 Å². The third-order valence-corrected chi connectivity index (χ3v) is 17.1. The van der Waals surface area contributed by atoms with E-state index in [1.807, 2.05) is 6.92 Å². The quantitative estimate of drug-likeness (QED) is 0.0381. The Hall–Kier alpha value is -9.83. The lowest BCUT2D eigenvalue weighted by Crippen LogP contribution is -2.18. The van der Waals surface area contributed by atoms with Gasteiger partial charge in [0.05, 0.1) is 13.2 Å². The van der Waals surface area contributed by atoms with Crippen LogP contribution in [-0.4, -0.2) is 182 Å². The second-order valence-electron chi connectivity index (χ2n) is 20.0. The number of carboxylic acids is 1. The predicted molar refractivity (Wildman–Crippen MR) is 386 cm³/mol. The predicted octanol–water partition coefficient (Wildman–Crippen LogP) is 2.40. The number of rotatable bonds is 16. The number of carbonyl (C=O) groups excluding carboxylic acids is 4. The van der Waals surface area contributed by atoms with Crippen LogP contribution in [0.15, 0.2) is 146 Å². The van der Waals surface area contributed by atoms with Crippen LogP contribution in [0.2, 0.25) is 5.15 Å². The third kappa shape index (κ3) is 29.1. The van der Waals surface area contributed by atoms with Gasteiger partial charge in [0.25, 0.3) is 11.1 Å². The highest BCUT2D eigenvalue weighted by molar-refractivity contribution is 8.26. The van der Waals surface area contributed by atoms with Gasteiger partial charge in [-0.05, 0) is 158 Å². The number of pyridine rings is 5. The van der Waals surface area contributed by atoms with E-state index in [0.29, 0.717) is 58.3 Å². The van der Waals surface area contributed by atoms with Gasteiger partial charge in [0.15, 0.2) is 46.0 Å². The Morgan fingerprint density at radius 1 is 0.477 bits per heavy atom. The number of aromatic carboxylic acids is 1. The second-order valence-corrected chi connectivity index (χ2v) is 31.1. The van der Waals surface area contributed by atoms with Crippen molar-refractivity contribution in [2.45, 2.75) is 72.9 Å². The number of H-pyrrole nitrogens is 1. The second kappa shape index (κ2) is 40.8. The SMILES string of the molecule is CCOC(=O)c1cc(C)[nH]n1.CCOC(=O)c1cc(C)n(-c2ccc(S(N)(=O)=O)cn2)n1.CN.CNC(=O)c1cc(C)n(-c2ccc(S(N)(=O)=O)cn2)n1.Cc1cc(C(=O)Cl)nn1-c1ccc(S(N)(=O)=O)cn1.Cc1cc(C(=O)O)nn1-c1ccc(S(N)(=O)=O)cn1.NS(=O)(=O)c1ccc(Cl)nc1.O=S(Cl)Cl. The molecule has 0 radical (unpaired) electrons. The van der Waals surface area contributed by atoms with Gasteiger partial charge in [0.1, 0.15) is 35.3 Å². The first kappa shape index (κ1) is 91.4. The summed E-state index contributed by atoms with van der Waals surface area (Å²) in [7, 11) is -8.44. The summed E-state index contributed by atoms with van der Waals surface area (Å²) in [5.41, 5.74) is 8.64. The van der Waals surface area contributed by atoms with Crippen molar-refractivity contribution in [2.75, 3.05) is 27.3 Å². The number of nitrogens with two attached hydrogens (primary N) is 6. The number of amides is 1. The number of hydrogen-bond acceptors (Lipinski definition) is 29. The Bertz CT molecular complexity index is 5230. The molecule has 0 bridgehead atoms. The Kier molecular flexibility index (Phi) is 34.8. The van der Waals surface area contributed by atoms with Gasteiger partial charge in [-0.3, -0.25) is 14.7 Å². The van der Waals surface area contributed by atoms with E-state index in [2.05, 4.69) is 87.9 Å². The molecule has 0 aliphatic rings. The van der Waals surface area contributed by atoms with Crippen LogP contribution in [0, 0.1) is 34.6 Å². The van der Waals surface area contributed by atoms with E-state index in [1.165, 1.54) is 106 Å². The molecule has 0 aliphatic carbocycles. The van der Waals surface area contributed by atoms with Crippen molar-refractivity contribution in [1.29, 1.82) is 0 Å². The average molecular weight is 1690 g/mol. The van der Waals surface area contributed by atoms with E-state index < -0.39 is 76.5 Å². The molecule has 10 aromatic heterocycles.